The number of hydrogen-bond donors (Lipinski definition) is 1. The number of carboxylic acid groups (broad SMARTS) is 1. The van der Waals surface area contributed by atoms with Gasteiger partial charge in [0.25, 0.3) is 0 Å². The minimum Gasteiger partial charge on any atom is -0.480 e. The largest absolute Gasteiger partial charge is 0.480 e. The standard InChI is InChI=1S/C13H29NO3Si2/c1-8-9-10-11(15)14(19(5,6)7)12(13(16)17)18(2,3)4/h12H,8-10H2,1-7H3,(H,16,17). The summed E-state index contributed by atoms with van der Waals surface area (Å²) in [6.07, 6.45) is 2.25. The van der Waals surface area contributed by atoms with Crippen molar-refractivity contribution in [3.05, 3.63) is 0 Å². The maximum atomic E-state index is 12.5. The molecule has 0 aliphatic rings. The summed E-state index contributed by atoms with van der Waals surface area (Å²) in [5, 5.41) is 9.58. The van der Waals surface area contributed by atoms with Crippen LogP contribution < -0.4 is 0 Å². The molecule has 0 saturated carbocycles. The van der Waals surface area contributed by atoms with Crippen LogP contribution in [0, 0.1) is 0 Å². The highest BCUT2D eigenvalue weighted by Gasteiger charge is 2.45. The van der Waals surface area contributed by atoms with Crippen molar-refractivity contribution in [2.75, 3.05) is 0 Å². The molecule has 0 rings (SSSR count). The lowest BCUT2D eigenvalue weighted by molar-refractivity contribution is -0.143. The van der Waals surface area contributed by atoms with E-state index in [-0.39, 0.29) is 5.91 Å². The van der Waals surface area contributed by atoms with Gasteiger partial charge < -0.3 is 9.67 Å². The van der Waals surface area contributed by atoms with Crippen LogP contribution in [0.3, 0.4) is 0 Å². The van der Waals surface area contributed by atoms with Gasteiger partial charge in [-0.25, -0.2) is 0 Å². The van der Waals surface area contributed by atoms with E-state index in [1.807, 2.05) is 46.2 Å². The Kier molecular flexibility index (Phi) is 6.48. The maximum Gasteiger partial charge on any atom is 0.322 e. The molecule has 0 aliphatic heterocycles. The Morgan fingerprint density at radius 2 is 1.58 bits per heavy atom. The molecule has 0 aromatic carbocycles. The zero-order valence-electron chi connectivity index (χ0n) is 13.4. The number of carbonyl (C=O) groups excluding carboxylic acids is 1. The van der Waals surface area contributed by atoms with E-state index in [1.165, 1.54) is 0 Å². The smallest absolute Gasteiger partial charge is 0.322 e. The van der Waals surface area contributed by atoms with E-state index in [9.17, 15) is 14.7 Å². The summed E-state index contributed by atoms with van der Waals surface area (Å²) in [5.74, 6) is -0.817. The Morgan fingerprint density at radius 1 is 1.11 bits per heavy atom. The first kappa shape index (κ1) is 18.4. The molecule has 0 saturated heterocycles. The minimum absolute atomic E-state index is 0.0239. The van der Waals surface area contributed by atoms with Crippen LogP contribution in [0.1, 0.15) is 26.2 Å². The lowest BCUT2D eigenvalue weighted by Crippen LogP contribution is -2.65. The summed E-state index contributed by atoms with van der Waals surface area (Å²) < 4.78 is 1.75. The molecule has 0 heterocycles. The third-order valence-corrected chi connectivity index (χ3v) is 7.41. The SMILES string of the molecule is CCCCC(=O)N(C(C(=O)O)[Si](C)(C)C)[Si](C)(C)C. The van der Waals surface area contributed by atoms with Gasteiger partial charge in [-0.3, -0.25) is 9.59 Å². The summed E-state index contributed by atoms with van der Waals surface area (Å²) in [5.41, 5.74) is -0.608. The Morgan fingerprint density at radius 3 is 1.84 bits per heavy atom. The summed E-state index contributed by atoms with van der Waals surface area (Å²) in [6, 6.07) is 0. The molecule has 0 bridgehead atoms. The number of aliphatic carboxylic acids is 1. The molecule has 1 atom stereocenters. The van der Waals surface area contributed by atoms with Gasteiger partial charge in [0, 0.05) is 6.42 Å². The fourth-order valence-electron chi connectivity index (χ4n) is 2.22. The van der Waals surface area contributed by atoms with E-state index in [0.717, 1.165) is 12.8 Å². The second-order valence-electron chi connectivity index (χ2n) is 7.14. The van der Waals surface area contributed by atoms with Crippen molar-refractivity contribution in [1.29, 1.82) is 0 Å². The van der Waals surface area contributed by atoms with Gasteiger partial charge in [-0.05, 0) is 6.42 Å². The average Bonchev–Trinajstić information content (AvgIpc) is 2.18. The third-order valence-electron chi connectivity index (χ3n) is 3.05. The van der Waals surface area contributed by atoms with E-state index in [2.05, 4.69) is 0 Å². The van der Waals surface area contributed by atoms with Gasteiger partial charge in [0.2, 0.25) is 5.91 Å². The number of rotatable bonds is 7. The van der Waals surface area contributed by atoms with Crippen molar-refractivity contribution in [2.45, 2.75) is 71.1 Å². The number of amides is 1. The van der Waals surface area contributed by atoms with Gasteiger partial charge in [0.05, 0.1) is 8.07 Å². The second kappa shape index (κ2) is 6.70. The van der Waals surface area contributed by atoms with Crippen molar-refractivity contribution < 1.29 is 14.7 Å². The molecule has 0 aliphatic carbocycles. The lowest BCUT2D eigenvalue weighted by atomic mass is 10.2. The second-order valence-corrected chi connectivity index (χ2v) is 17.2. The molecule has 0 aromatic rings. The van der Waals surface area contributed by atoms with E-state index in [0.29, 0.717) is 6.42 Å². The van der Waals surface area contributed by atoms with E-state index in [1.54, 1.807) is 4.57 Å². The van der Waals surface area contributed by atoms with Crippen molar-refractivity contribution in [3.8, 4) is 0 Å². The molecule has 112 valence electrons. The Balaban J connectivity index is 5.45. The number of carboxylic acids is 1. The molecular formula is C13H29NO3Si2. The average molecular weight is 304 g/mol. The molecule has 0 aromatic heterocycles. The lowest BCUT2D eigenvalue weighted by Gasteiger charge is -2.43. The normalized spacial score (nSPS) is 14.1. The highest BCUT2D eigenvalue weighted by atomic mass is 28.3. The number of carbonyl (C=O) groups is 2. The van der Waals surface area contributed by atoms with E-state index >= 15 is 0 Å². The Bertz CT molecular complexity index is 332. The Labute approximate surface area is 119 Å². The van der Waals surface area contributed by atoms with Gasteiger partial charge >= 0.3 is 5.97 Å². The predicted octanol–water partition coefficient (Wildman–Crippen LogP) is 3.17. The monoisotopic (exact) mass is 303 g/mol. The van der Waals surface area contributed by atoms with Gasteiger partial charge in [-0.2, -0.15) is 0 Å². The van der Waals surface area contributed by atoms with Crippen LogP contribution in [-0.4, -0.2) is 43.5 Å². The van der Waals surface area contributed by atoms with Crippen LogP contribution >= 0.6 is 0 Å². The van der Waals surface area contributed by atoms with Crippen molar-refractivity contribution in [1.82, 2.24) is 4.57 Å². The maximum absolute atomic E-state index is 12.5. The predicted molar refractivity (Wildman–Crippen MR) is 84.5 cm³/mol. The van der Waals surface area contributed by atoms with Crippen LogP contribution in [0.5, 0.6) is 0 Å². The summed E-state index contributed by atoms with van der Waals surface area (Å²) in [4.78, 5) is 24.1. The Hall–Kier alpha value is -0.626. The van der Waals surface area contributed by atoms with Gasteiger partial charge in [0.15, 0.2) is 8.24 Å². The van der Waals surface area contributed by atoms with Gasteiger partial charge in [-0.1, -0.05) is 52.6 Å². The third kappa shape index (κ3) is 5.48. The van der Waals surface area contributed by atoms with Crippen LogP contribution in [-0.2, 0) is 9.59 Å². The molecular weight excluding hydrogens is 274 g/mol. The van der Waals surface area contributed by atoms with Crippen LogP contribution in [0.2, 0.25) is 39.3 Å². The van der Waals surface area contributed by atoms with Crippen LogP contribution in [0.25, 0.3) is 0 Å². The molecule has 6 heteroatoms. The fraction of sp³-hybridized carbons (Fsp3) is 0.846. The fourth-order valence-corrected chi connectivity index (χ4v) is 7.95. The summed E-state index contributed by atoms with van der Waals surface area (Å²) in [6.45, 7) is 14.2. The highest BCUT2D eigenvalue weighted by Crippen LogP contribution is 2.23. The molecule has 0 fully saturated rings. The molecule has 0 spiro atoms. The molecule has 1 N–H and O–H groups in total. The molecule has 0 radical (unpaired) electrons. The van der Waals surface area contributed by atoms with Crippen molar-refractivity contribution in [2.24, 2.45) is 0 Å². The van der Waals surface area contributed by atoms with Crippen molar-refractivity contribution >= 4 is 28.2 Å². The zero-order chi connectivity index (χ0) is 15.4. The summed E-state index contributed by atoms with van der Waals surface area (Å²) in [7, 11) is -3.98. The number of nitrogens with zero attached hydrogens (tertiary/aromatic N) is 1. The first-order valence-corrected chi connectivity index (χ1v) is 14.0. The molecule has 1 amide bonds. The van der Waals surface area contributed by atoms with Crippen molar-refractivity contribution in [3.63, 3.8) is 0 Å². The van der Waals surface area contributed by atoms with E-state index < -0.39 is 27.9 Å². The topological polar surface area (TPSA) is 57.6 Å². The minimum atomic E-state index is -2.00. The molecule has 1 unspecified atom stereocenters. The summed E-state index contributed by atoms with van der Waals surface area (Å²) >= 11 is 0. The number of hydrogen-bond acceptors (Lipinski definition) is 2. The van der Waals surface area contributed by atoms with Gasteiger partial charge in [-0.15, -0.1) is 0 Å². The van der Waals surface area contributed by atoms with Gasteiger partial charge in [0.1, 0.15) is 5.67 Å². The number of unbranched alkanes of at least 4 members (excludes halogenated alkanes) is 1. The molecule has 4 nitrogen and oxygen atoms in total. The molecule has 19 heavy (non-hydrogen) atoms. The first-order valence-electron chi connectivity index (χ1n) is 6.98. The quantitative estimate of drug-likeness (QED) is 0.735. The highest BCUT2D eigenvalue weighted by molar-refractivity contribution is 6.84. The van der Waals surface area contributed by atoms with Crippen LogP contribution in [0.15, 0.2) is 0 Å². The van der Waals surface area contributed by atoms with Crippen LogP contribution in [0.4, 0.5) is 0 Å². The first-order chi connectivity index (χ1) is 8.42. The van der Waals surface area contributed by atoms with E-state index in [4.69, 9.17) is 0 Å². The zero-order valence-corrected chi connectivity index (χ0v) is 15.4.